The van der Waals surface area contributed by atoms with Crippen LogP contribution in [0.15, 0.2) is 0 Å². The number of hydrogen-bond donors (Lipinski definition) is 1. The van der Waals surface area contributed by atoms with E-state index < -0.39 is 33.8 Å². The zero-order valence-corrected chi connectivity index (χ0v) is 18.8. The molecule has 0 aromatic heterocycles. The van der Waals surface area contributed by atoms with Gasteiger partial charge in [0.25, 0.3) is 0 Å². The van der Waals surface area contributed by atoms with E-state index in [1.807, 2.05) is 0 Å². The van der Waals surface area contributed by atoms with E-state index in [4.69, 9.17) is 17.5 Å². The maximum absolute atomic E-state index is 9.12. The quantitative estimate of drug-likeness (QED) is 0.639. The van der Waals surface area contributed by atoms with Crippen molar-refractivity contribution in [2.75, 3.05) is 6.61 Å². The molecule has 1 atom stereocenters. The third-order valence-corrected chi connectivity index (χ3v) is 15.9. The Bertz CT molecular complexity index is 299. The summed E-state index contributed by atoms with van der Waals surface area (Å²) in [6.45, 7) is 19.7. The van der Waals surface area contributed by atoms with E-state index >= 15 is 0 Å². The van der Waals surface area contributed by atoms with E-state index in [1.54, 1.807) is 0 Å². The molecule has 0 aliphatic carbocycles. The SMILES string of the molecule is C[Si](C)(C)O[Si](C)(C)O[Si](C)(CCCO)O[Si](C)(C)C. The average Bonchev–Trinajstić information content (AvgIpc) is 2.05. The summed E-state index contributed by atoms with van der Waals surface area (Å²) in [5, 5.41) is 9.12. The Labute approximate surface area is 129 Å². The van der Waals surface area contributed by atoms with Gasteiger partial charge in [-0.15, -0.1) is 0 Å². The molecule has 122 valence electrons. The minimum atomic E-state index is -2.28. The minimum Gasteiger partial charge on any atom is -0.437 e. The van der Waals surface area contributed by atoms with Gasteiger partial charge in [-0.3, -0.25) is 0 Å². The van der Waals surface area contributed by atoms with Gasteiger partial charge in [-0.2, -0.15) is 0 Å². The van der Waals surface area contributed by atoms with Crippen molar-refractivity contribution in [1.82, 2.24) is 0 Å². The monoisotopic (exact) mass is 354 g/mol. The Hall–Kier alpha value is 0.708. The summed E-state index contributed by atoms with van der Waals surface area (Å²) in [4.78, 5) is 0. The first kappa shape index (κ1) is 20.7. The molecule has 0 rings (SSSR count). The van der Waals surface area contributed by atoms with Crippen LogP contribution in [0.1, 0.15) is 6.42 Å². The summed E-state index contributed by atoms with van der Waals surface area (Å²) in [7, 11) is -7.75. The third-order valence-electron chi connectivity index (χ3n) is 2.32. The fraction of sp³-hybridized carbons (Fsp3) is 1.00. The Morgan fingerprint density at radius 1 is 0.700 bits per heavy atom. The highest BCUT2D eigenvalue weighted by Crippen LogP contribution is 2.27. The molecule has 4 nitrogen and oxygen atoms in total. The number of aliphatic hydroxyl groups excluding tert-OH is 1. The van der Waals surface area contributed by atoms with Crippen molar-refractivity contribution < 1.29 is 17.5 Å². The van der Waals surface area contributed by atoms with Gasteiger partial charge in [-0.05, 0) is 71.4 Å². The van der Waals surface area contributed by atoms with Gasteiger partial charge in [0.05, 0.1) is 0 Å². The van der Waals surface area contributed by atoms with Crippen molar-refractivity contribution in [3.8, 4) is 0 Å². The van der Waals surface area contributed by atoms with E-state index in [9.17, 15) is 0 Å². The van der Waals surface area contributed by atoms with E-state index in [0.29, 0.717) is 0 Å². The molecule has 0 radical (unpaired) electrons. The molecular formula is C12H34O4Si4. The molecule has 0 aromatic carbocycles. The summed E-state index contributed by atoms with van der Waals surface area (Å²) in [6.07, 6.45) is 0.741. The lowest BCUT2D eigenvalue weighted by Gasteiger charge is -2.41. The van der Waals surface area contributed by atoms with Gasteiger partial charge in [0, 0.05) is 6.61 Å². The van der Waals surface area contributed by atoms with Gasteiger partial charge in [-0.1, -0.05) is 0 Å². The summed E-state index contributed by atoms with van der Waals surface area (Å²) < 4.78 is 19.1. The van der Waals surface area contributed by atoms with Crippen molar-refractivity contribution in [3.63, 3.8) is 0 Å². The molecule has 20 heavy (non-hydrogen) atoms. The van der Waals surface area contributed by atoms with E-state index in [0.717, 1.165) is 12.5 Å². The molecule has 1 unspecified atom stereocenters. The van der Waals surface area contributed by atoms with Gasteiger partial charge in [-0.25, -0.2) is 0 Å². The van der Waals surface area contributed by atoms with Crippen LogP contribution >= 0.6 is 0 Å². The van der Waals surface area contributed by atoms with Gasteiger partial charge < -0.3 is 17.5 Å². The van der Waals surface area contributed by atoms with Crippen molar-refractivity contribution in [2.45, 2.75) is 71.4 Å². The highest BCUT2D eigenvalue weighted by Gasteiger charge is 2.43. The highest BCUT2D eigenvalue weighted by atomic mass is 28.5. The van der Waals surface area contributed by atoms with Gasteiger partial charge >= 0.3 is 17.1 Å². The summed E-state index contributed by atoms with van der Waals surface area (Å²) in [5.74, 6) is 0. The van der Waals surface area contributed by atoms with Gasteiger partial charge in [0.2, 0.25) is 0 Å². The van der Waals surface area contributed by atoms with E-state index in [2.05, 4.69) is 58.9 Å². The van der Waals surface area contributed by atoms with Crippen LogP contribution in [0.2, 0.25) is 65.0 Å². The molecular weight excluding hydrogens is 320 g/mol. The summed E-state index contributed by atoms with van der Waals surface area (Å²) in [6, 6.07) is 0.833. The molecule has 8 heteroatoms. The van der Waals surface area contributed by atoms with Crippen LogP contribution in [-0.2, 0) is 12.3 Å². The predicted octanol–water partition coefficient (Wildman–Crippen LogP) is 3.86. The van der Waals surface area contributed by atoms with Crippen LogP contribution in [0, 0.1) is 0 Å². The van der Waals surface area contributed by atoms with Crippen LogP contribution in [0.5, 0.6) is 0 Å². The lowest BCUT2D eigenvalue weighted by atomic mass is 10.5. The molecule has 0 amide bonds. The highest BCUT2D eigenvalue weighted by molar-refractivity contribution is 6.89. The van der Waals surface area contributed by atoms with Crippen LogP contribution < -0.4 is 0 Å². The van der Waals surface area contributed by atoms with Gasteiger partial charge in [0.15, 0.2) is 16.6 Å². The normalized spacial score (nSPS) is 17.1. The molecule has 1 N–H and O–H groups in total. The zero-order chi connectivity index (χ0) is 16.2. The first-order valence-electron chi connectivity index (χ1n) is 7.39. The largest absolute Gasteiger partial charge is 0.437 e. The molecule has 0 aliphatic rings. The van der Waals surface area contributed by atoms with Crippen LogP contribution in [0.25, 0.3) is 0 Å². The van der Waals surface area contributed by atoms with Crippen LogP contribution in [-0.4, -0.2) is 45.5 Å². The molecule has 0 heterocycles. The van der Waals surface area contributed by atoms with Crippen LogP contribution in [0.4, 0.5) is 0 Å². The minimum absolute atomic E-state index is 0.192. The standard InChI is InChI=1S/C12H34O4Si4/c1-17(2,3)14-19(7,8)16-20(9,12-10-11-13)15-18(4,5)6/h13H,10-12H2,1-9H3. The molecule has 0 aromatic rings. The topological polar surface area (TPSA) is 47.9 Å². The number of hydrogen-bond acceptors (Lipinski definition) is 4. The zero-order valence-electron chi connectivity index (χ0n) is 14.8. The fourth-order valence-electron chi connectivity index (χ4n) is 2.45. The summed E-state index contributed by atoms with van der Waals surface area (Å²) in [5.41, 5.74) is 0. The molecule has 0 bridgehead atoms. The first-order valence-corrected chi connectivity index (χ1v) is 19.6. The number of rotatable bonds is 9. The van der Waals surface area contributed by atoms with Gasteiger partial charge in [0.1, 0.15) is 0 Å². The number of aliphatic hydroxyl groups is 1. The molecule has 0 aliphatic heterocycles. The van der Waals surface area contributed by atoms with E-state index in [-0.39, 0.29) is 6.61 Å². The Balaban J connectivity index is 4.96. The maximum atomic E-state index is 9.12. The second-order valence-corrected chi connectivity index (χ2v) is 24.4. The molecule has 0 saturated carbocycles. The van der Waals surface area contributed by atoms with Crippen molar-refractivity contribution in [1.29, 1.82) is 0 Å². The predicted molar refractivity (Wildman–Crippen MR) is 95.6 cm³/mol. The summed E-state index contributed by atoms with van der Waals surface area (Å²) >= 11 is 0. The van der Waals surface area contributed by atoms with Crippen molar-refractivity contribution in [2.24, 2.45) is 0 Å². The fourth-order valence-corrected chi connectivity index (χ4v) is 20.4. The maximum Gasteiger partial charge on any atom is 0.315 e. The first-order chi connectivity index (χ1) is 8.68. The molecule has 0 fully saturated rings. The second kappa shape index (κ2) is 7.31. The Kier molecular flexibility index (Phi) is 7.57. The smallest absolute Gasteiger partial charge is 0.315 e. The lowest BCUT2D eigenvalue weighted by Crippen LogP contribution is -2.56. The second-order valence-electron chi connectivity index (χ2n) is 7.89. The van der Waals surface area contributed by atoms with Crippen molar-refractivity contribution >= 4 is 33.8 Å². The Morgan fingerprint density at radius 3 is 1.50 bits per heavy atom. The van der Waals surface area contributed by atoms with Crippen LogP contribution in [0.3, 0.4) is 0 Å². The average molecular weight is 355 g/mol. The molecule has 0 saturated heterocycles. The Morgan fingerprint density at radius 2 is 1.15 bits per heavy atom. The van der Waals surface area contributed by atoms with E-state index in [1.165, 1.54) is 0 Å². The third kappa shape index (κ3) is 10.4. The lowest BCUT2D eigenvalue weighted by molar-refractivity contribution is 0.280. The van der Waals surface area contributed by atoms with Crippen molar-refractivity contribution in [3.05, 3.63) is 0 Å². The molecule has 0 spiro atoms.